The average molecular weight is 335 g/mol. The van der Waals surface area contributed by atoms with Gasteiger partial charge < -0.3 is 11.1 Å². The third-order valence-corrected chi connectivity index (χ3v) is 3.37. The van der Waals surface area contributed by atoms with Gasteiger partial charge in [-0.15, -0.1) is 36.2 Å². The van der Waals surface area contributed by atoms with E-state index in [-0.39, 0.29) is 30.7 Å². The van der Waals surface area contributed by atoms with E-state index in [2.05, 4.69) is 15.3 Å². The minimum absolute atomic E-state index is 0. The molecule has 0 fully saturated rings. The van der Waals surface area contributed by atoms with Crippen LogP contribution in [0, 0.1) is 0 Å². The summed E-state index contributed by atoms with van der Waals surface area (Å²) < 4.78 is 0. The molecule has 2 rings (SSSR count). The Morgan fingerprint density at radius 2 is 2.00 bits per heavy atom. The molecule has 0 saturated carbocycles. The molecule has 0 aliphatic carbocycles. The number of aromatic nitrogens is 2. The highest BCUT2D eigenvalue weighted by Crippen LogP contribution is 2.24. The van der Waals surface area contributed by atoms with Gasteiger partial charge in [-0.3, -0.25) is 9.78 Å². The van der Waals surface area contributed by atoms with Crippen molar-refractivity contribution in [2.45, 2.75) is 6.42 Å². The van der Waals surface area contributed by atoms with Crippen molar-refractivity contribution in [2.24, 2.45) is 5.73 Å². The predicted octanol–water partition coefficient (Wildman–Crippen LogP) is 2.13. The van der Waals surface area contributed by atoms with Crippen LogP contribution >= 0.6 is 36.2 Å². The Morgan fingerprint density at radius 3 is 2.65 bits per heavy atom. The Labute approximate surface area is 133 Å². The normalized spacial score (nSPS) is 9.25. The van der Waals surface area contributed by atoms with Crippen molar-refractivity contribution in [2.75, 3.05) is 13.1 Å². The van der Waals surface area contributed by atoms with E-state index in [4.69, 9.17) is 5.73 Å². The highest BCUT2D eigenvalue weighted by molar-refractivity contribution is 7.16. The zero-order chi connectivity index (χ0) is 12.8. The summed E-state index contributed by atoms with van der Waals surface area (Å²) in [6, 6.07) is 3.74. The van der Waals surface area contributed by atoms with Gasteiger partial charge in [0.15, 0.2) is 0 Å². The fraction of sp³-hybridized carbons (Fsp3) is 0.250. The van der Waals surface area contributed by atoms with Crippen LogP contribution in [-0.4, -0.2) is 29.0 Å². The number of halogens is 2. The summed E-state index contributed by atoms with van der Waals surface area (Å²) >= 11 is 1.37. The van der Waals surface area contributed by atoms with E-state index in [1.807, 2.05) is 12.1 Å². The Morgan fingerprint density at radius 1 is 1.30 bits per heavy atom. The second kappa shape index (κ2) is 9.66. The summed E-state index contributed by atoms with van der Waals surface area (Å²) in [6.45, 7) is 1.17. The second-order valence-corrected chi connectivity index (χ2v) is 4.69. The molecule has 0 radical (unpaired) electrons. The third-order valence-electron chi connectivity index (χ3n) is 2.32. The minimum Gasteiger partial charge on any atom is -0.351 e. The van der Waals surface area contributed by atoms with Crippen LogP contribution in [0.5, 0.6) is 0 Å². The Hall–Kier alpha value is -1.21. The first-order valence-corrected chi connectivity index (χ1v) is 6.47. The zero-order valence-electron chi connectivity index (χ0n) is 10.6. The SMILES string of the molecule is Cl.Cl.NCCCNC(=O)c1cnc(-c2ccncc2)s1. The fourth-order valence-electron chi connectivity index (χ4n) is 1.40. The van der Waals surface area contributed by atoms with E-state index < -0.39 is 0 Å². The first-order valence-electron chi connectivity index (χ1n) is 5.66. The van der Waals surface area contributed by atoms with E-state index >= 15 is 0 Å². The number of nitrogens with one attached hydrogen (secondary N) is 1. The number of rotatable bonds is 5. The van der Waals surface area contributed by atoms with Gasteiger partial charge in [-0.25, -0.2) is 4.98 Å². The molecule has 0 saturated heterocycles. The first-order chi connectivity index (χ1) is 8.81. The van der Waals surface area contributed by atoms with E-state index in [9.17, 15) is 4.79 Å². The monoisotopic (exact) mass is 334 g/mol. The van der Waals surface area contributed by atoms with Gasteiger partial charge >= 0.3 is 0 Å². The maximum Gasteiger partial charge on any atom is 0.263 e. The standard InChI is InChI=1S/C12H14N4OS.2ClH/c13-4-1-5-15-11(17)10-8-16-12(18-10)9-2-6-14-7-3-9;;/h2-3,6-8H,1,4-5,13H2,(H,15,17);2*1H. The smallest absolute Gasteiger partial charge is 0.263 e. The summed E-state index contributed by atoms with van der Waals surface area (Å²) in [4.78, 5) is 20.6. The van der Waals surface area contributed by atoms with Gasteiger partial charge in [0.1, 0.15) is 9.88 Å². The molecule has 2 aromatic heterocycles. The molecular formula is C12H16Cl2N4OS. The molecule has 2 heterocycles. The van der Waals surface area contributed by atoms with Crippen molar-refractivity contribution >= 4 is 42.1 Å². The van der Waals surface area contributed by atoms with Crippen molar-refractivity contribution in [1.82, 2.24) is 15.3 Å². The van der Waals surface area contributed by atoms with Crippen LogP contribution in [0.15, 0.2) is 30.7 Å². The topological polar surface area (TPSA) is 80.9 Å². The van der Waals surface area contributed by atoms with Crippen molar-refractivity contribution in [3.8, 4) is 10.6 Å². The summed E-state index contributed by atoms with van der Waals surface area (Å²) in [5, 5.41) is 3.62. The van der Waals surface area contributed by atoms with Crippen LogP contribution in [-0.2, 0) is 0 Å². The lowest BCUT2D eigenvalue weighted by molar-refractivity contribution is 0.0957. The molecule has 1 amide bonds. The van der Waals surface area contributed by atoms with Crippen LogP contribution in [0.3, 0.4) is 0 Å². The van der Waals surface area contributed by atoms with E-state index in [0.29, 0.717) is 18.0 Å². The van der Waals surface area contributed by atoms with E-state index in [1.54, 1.807) is 18.6 Å². The summed E-state index contributed by atoms with van der Waals surface area (Å²) in [5.41, 5.74) is 6.34. The molecule has 0 spiro atoms. The number of nitrogens with zero attached hydrogens (tertiary/aromatic N) is 2. The molecule has 8 heteroatoms. The lowest BCUT2D eigenvalue weighted by atomic mass is 10.3. The van der Waals surface area contributed by atoms with E-state index in [0.717, 1.165) is 17.0 Å². The van der Waals surface area contributed by atoms with E-state index in [1.165, 1.54) is 11.3 Å². The van der Waals surface area contributed by atoms with Gasteiger partial charge in [-0.2, -0.15) is 0 Å². The van der Waals surface area contributed by atoms with Gasteiger partial charge in [0.05, 0.1) is 6.20 Å². The van der Waals surface area contributed by atoms with Gasteiger partial charge in [0.25, 0.3) is 5.91 Å². The average Bonchev–Trinajstić information content (AvgIpc) is 2.89. The maximum absolute atomic E-state index is 11.8. The van der Waals surface area contributed by atoms with Crippen molar-refractivity contribution < 1.29 is 4.79 Å². The molecule has 0 unspecified atom stereocenters. The highest BCUT2D eigenvalue weighted by Gasteiger charge is 2.10. The number of hydrogen-bond donors (Lipinski definition) is 2. The first kappa shape index (κ1) is 18.8. The third kappa shape index (κ3) is 5.05. The maximum atomic E-state index is 11.8. The van der Waals surface area contributed by atoms with Gasteiger partial charge in [-0.1, -0.05) is 0 Å². The summed E-state index contributed by atoms with van der Waals surface area (Å²) in [6.07, 6.45) is 5.79. The van der Waals surface area contributed by atoms with Crippen molar-refractivity contribution in [1.29, 1.82) is 0 Å². The van der Waals surface area contributed by atoms with Gasteiger partial charge in [0, 0.05) is 24.5 Å². The number of carbonyl (C=O) groups is 1. The fourth-order valence-corrected chi connectivity index (χ4v) is 2.24. The molecule has 0 atom stereocenters. The van der Waals surface area contributed by atoms with Crippen LogP contribution in [0.4, 0.5) is 0 Å². The molecule has 2 aromatic rings. The van der Waals surface area contributed by atoms with Crippen molar-refractivity contribution in [3.63, 3.8) is 0 Å². The van der Waals surface area contributed by atoms with Crippen LogP contribution < -0.4 is 11.1 Å². The summed E-state index contributed by atoms with van der Waals surface area (Å²) in [5.74, 6) is -0.0961. The predicted molar refractivity (Wildman–Crippen MR) is 85.8 cm³/mol. The molecule has 0 aliphatic rings. The molecule has 3 N–H and O–H groups in total. The largest absolute Gasteiger partial charge is 0.351 e. The van der Waals surface area contributed by atoms with Crippen molar-refractivity contribution in [3.05, 3.63) is 35.6 Å². The number of carbonyl (C=O) groups excluding carboxylic acids is 1. The molecule has 0 bridgehead atoms. The lowest BCUT2D eigenvalue weighted by Crippen LogP contribution is -2.25. The quantitative estimate of drug-likeness (QED) is 0.820. The number of nitrogens with two attached hydrogens (primary N) is 1. The molecule has 0 aliphatic heterocycles. The van der Waals surface area contributed by atoms with Gasteiger partial charge in [-0.05, 0) is 25.1 Å². The summed E-state index contributed by atoms with van der Waals surface area (Å²) in [7, 11) is 0. The Kier molecular flexibility index (Phi) is 9.07. The zero-order valence-corrected chi connectivity index (χ0v) is 13.1. The minimum atomic E-state index is -0.0961. The number of thiazole rings is 1. The molecular weight excluding hydrogens is 319 g/mol. The lowest BCUT2D eigenvalue weighted by Gasteiger charge is -2.00. The van der Waals surface area contributed by atoms with Gasteiger partial charge in [0.2, 0.25) is 0 Å². The van der Waals surface area contributed by atoms with Crippen LogP contribution in [0.25, 0.3) is 10.6 Å². The molecule has 20 heavy (non-hydrogen) atoms. The second-order valence-electron chi connectivity index (χ2n) is 3.66. The Bertz CT molecular complexity index is 521. The number of pyridine rings is 1. The Balaban J connectivity index is 0.00000180. The number of hydrogen-bond acceptors (Lipinski definition) is 5. The highest BCUT2D eigenvalue weighted by atomic mass is 35.5. The molecule has 110 valence electrons. The van der Waals surface area contributed by atoms with Crippen LogP contribution in [0.2, 0.25) is 0 Å². The number of amides is 1. The molecule has 0 aromatic carbocycles. The molecule has 5 nitrogen and oxygen atoms in total. The van der Waals surface area contributed by atoms with Crippen LogP contribution in [0.1, 0.15) is 16.1 Å².